The Morgan fingerprint density at radius 2 is 1.96 bits per heavy atom. The molecule has 0 aliphatic carbocycles. The minimum absolute atomic E-state index is 0.376. The highest BCUT2D eigenvalue weighted by atomic mass is 19.2. The Morgan fingerprint density at radius 3 is 2.70 bits per heavy atom. The van der Waals surface area contributed by atoms with Crippen molar-refractivity contribution in [1.29, 1.82) is 0 Å². The molecule has 0 saturated carbocycles. The highest BCUT2D eigenvalue weighted by Gasteiger charge is 2.13. The van der Waals surface area contributed by atoms with Gasteiger partial charge >= 0.3 is 0 Å². The molecule has 3 aromatic rings. The Labute approximate surface area is 132 Å². The zero-order valence-electron chi connectivity index (χ0n) is 12.7. The Bertz CT molecular complexity index is 845. The van der Waals surface area contributed by atoms with E-state index in [1.54, 1.807) is 12.1 Å². The lowest BCUT2D eigenvalue weighted by Crippen LogP contribution is -2.11. The van der Waals surface area contributed by atoms with Crippen molar-refractivity contribution in [2.45, 2.75) is 19.9 Å². The number of anilines is 1. The predicted molar refractivity (Wildman–Crippen MR) is 85.4 cm³/mol. The normalized spacial score (nSPS) is 11.1. The third kappa shape index (κ3) is 3.11. The third-order valence-corrected chi connectivity index (χ3v) is 3.63. The summed E-state index contributed by atoms with van der Waals surface area (Å²) in [6, 6.07) is 9.45. The standard InChI is InChI=1S/C17H17F2N3O/c1-2-17-21-15-9-13(18)14(19)10-16(15)22(17)6-7-23-12-5-3-4-11(20)8-12/h3-5,8-10H,2,6-7,20H2,1H3. The van der Waals surface area contributed by atoms with Crippen LogP contribution < -0.4 is 10.5 Å². The molecule has 1 heterocycles. The topological polar surface area (TPSA) is 53.1 Å². The van der Waals surface area contributed by atoms with Crippen molar-refractivity contribution in [1.82, 2.24) is 9.55 Å². The van der Waals surface area contributed by atoms with Crippen LogP contribution in [0.5, 0.6) is 5.75 Å². The van der Waals surface area contributed by atoms with E-state index in [9.17, 15) is 8.78 Å². The molecule has 6 heteroatoms. The van der Waals surface area contributed by atoms with Crippen LogP contribution in [0.25, 0.3) is 11.0 Å². The summed E-state index contributed by atoms with van der Waals surface area (Å²) < 4.78 is 34.4. The molecule has 0 spiro atoms. The molecule has 0 aliphatic heterocycles. The molecule has 120 valence electrons. The number of nitrogens with zero attached hydrogens (tertiary/aromatic N) is 2. The fourth-order valence-corrected chi connectivity index (χ4v) is 2.55. The monoisotopic (exact) mass is 317 g/mol. The molecular formula is C17H17F2N3O. The summed E-state index contributed by atoms with van der Waals surface area (Å²) in [5.74, 6) is -0.329. The highest BCUT2D eigenvalue weighted by Crippen LogP contribution is 2.21. The maximum Gasteiger partial charge on any atom is 0.161 e. The number of nitrogen functional groups attached to an aromatic ring is 1. The van der Waals surface area contributed by atoms with Gasteiger partial charge in [0.1, 0.15) is 18.2 Å². The summed E-state index contributed by atoms with van der Waals surface area (Å²) in [6.07, 6.45) is 0.663. The molecule has 0 radical (unpaired) electrons. The Hall–Kier alpha value is -2.63. The number of benzene rings is 2. The van der Waals surface area contributed by atoms with Gasteiger partial charge in [0.2, 0.25) is 0 Å². The van der Waals surface area contributed by atoms with Crippen molar-refractivity contribution in [2.75, 3.05) is 12.3 Å². The van der Waals surface area contributed by atoms with Crippen molar-refractivity contribution in [3.63, 3.8) is 0 Å². The highest BCUT2D eigenvalue weighted by molar-refractivity contribution is 5.76. The largest absolute Gasteiger partial charge is 0.492 e. The van der Waals surface area contributed by atoms with E-state index >= 15 is 0 Å². The van der Waals surface area contributed by atoms with Crippen LogP contribution in [0.3, 0.4) is 0 Å². The lowest BCUT2D eigenvalue weighted by atomic mass is 10.3. The van der Waals surface area contributed by atoms with E-state index in [-0.39, 0.29) is 0 Å². The molecule has 0 bridgehead atoms. The summed E-state index contributed by atoms with van der Waals surface area (Å²) in [5, 5.41) is 0. The molecule has 0 aliphatic rings. The van der Waals surface area contributed by atoms with Crippen molar-refractivity contribution in [3.05, 3.63) is 53.9 Å². The molecule has 0 unspecified atom stereocenters. The molecule has 3 rings (SSSR count). The quantitative estimate of drug-likeness (QED) is 0.732. The van der Waals surface area contributed by atoms with Gasteiger partial charge in [0.15, 0.2) is 11.6 Å². The minimum atomic E-state index is -0.888. The van der Waals surface area contributed by atoms with Crippen LogP contribution in [0.2, 0.25) is 0 Å². The number of fused-ring (bicyclic) bond motifs is 1. The first kappa shape index (κ1) is 15.3. The van der Waals surface area contributed by atoms with Gasteiger partial charge in [0, 0.05) is 30.3 Å². The first-order chi connectivity index (χ1) is 11.1. The summed E-state index contributed by atoms with van der Waals surface area (Å²) >= 11 is 0. The van der Waals surface area contributed by atoms with E-state index in [1.807, 2.05) is 23.6 Å². The predicted octanol–water partition coefficient (Wildman–Crippen LogP) is 3.54. The van der Waals surface area contributed by atoms with Crippen molar-refractivity contribution < 1.29 is 13.5 Å². The van der Waals surface area contributed by atoms with Gasteiger partial charge in [0.25, 0.3) is 0 Å². The van der Waals surface area contributed by atoms with Crippen LogP contribution in [0.15, 0.2) is 36.4 Å². The third-order valence-electron chi connectivity index (χ3n) is 3.63. The fraction of sp³-hybridized carbons (Fsp3) is 0.235. The Balaban J connectivity index is 1.82. The number of hydrogen-bond acceptors (Lipinski definition) is 3. The van der Waals surface area contributed by atoms with E-state index in [2.05, 4.69) is 4.98 Å². The fourth-order valence-electron chi connectivity index (χ4n) is 2.55. The number of nitrogens with two attached hydrogens (primary N) is 1. The SMILES string of the molecule is CCc1nc2cc(F)c(F)cc2n1CCOc1cccc(N)c1. The first-order valence-corrected chi connectivity index (χ1v) is 7.41. The van der Waals surface area contributed by atoms with Crippen molar-refractivity contribution in [3.8, 4) is 5.75 Å². The summed E-state index contributed by atoms with van der Waals surface area (Å²) in [6.45, 7) is 2.81. The van der Waals surface area contributed by atoms with E-state index in [4.69, 9.17) is 10.5 Å². The molecule has 0 atom stereocenters. The number of imidazole rings is 1. The zero-order valence-corrected chi connectivity index (χ0v) is 12.7. The maximum atomic E-state index is 13.5. The first-order valence-electron chi connectivity index (χ1n) is 7.41. The van der Waals surface area contributed by atoms with E-state index in [1.165, 1.54) is 6.07 Å². The van der Waals surface area contributed by atoms with Gasteiger partial charge < -0.3 is 15.0 Å². The molecule has 1 aromatic heterocycles. The number of aromatic nitrogens is 2. The molecule has 0 amide bonds. The second-order valence-electron chi connectivity index (χ2n) is 5.21. The molecule has 4 nitrogen and oxygen atoms in total. The Kier molecular flexibility index (Phi) is 4.14. The molecule has 0 saturated heterocycles. The van der Waals surface area contributed by atoms with Gasteiger partial charge in [-0.25, -0.2) is 13.8 Å². The molecule has 2 N–H and O–H groups in total. The Morgan fingerprint density at radius 1 is 1.17 bits per heavy atom. The zero-order chi connectivity index (χ0) is 16.4. The van der Waals surface area contributed by atoms with Gasteiger partial charge in [0.05, 0.1) is 17.6 Å². The maximum absolute atomic E-state index is 13.5. The average molecular weight is 317 g/mol. The summed E-state index contributed by atoms with van der Waals surface area (Å²) in [7, 11) is 0. The second-order valence-corrected chi connectivity index (χ2v) is 5.21. The van der Waals surface area contributed by atoms with Crippen LogP contribution in [0.4, 0.5) is 14.5 Å². The molecule has 0 fully saturated rings. The molecule has 2 aromatic carbocycles. The molecule has 23 heavy (non-hydrogen) atoms. The van der Waals surface area contributed by atoms with Crippen molar-refractivity contribution >= 4 is 16.7 Å². The number of halogens is 2. The summed E-state index contributed by atoms with van der Waals surface area (Å²) in [4.78, 5) is 4.35. The van der Waals surface area contributed by atoms with Gasteiger partial charge in [-0.15, -0.1) is 0 Å². The van der Waals surface area contributed by atoms with Gasteiger partial charge in [-0.05, 0) is 12.1 Å². The van der Waals surface area contributed by atoms with Crippen LogP contribution in [0.1, 0.15) is 12.7 Å². The number of aryl methyl sites for hydroxylation is 1. The van der Waals surface area contributed by atoms with Gasteiger partial charge in [-0.2, -0.15) is 0 Å². The number of ether oxygens (including phenoxy) is 1. The smallest absolute Gasteiger partial charge is 0.161 e. The van der Waals surface area contributed by atoms with Crippen molar-refractivity contribution in [2.24, 2.45) is 0 Å². The minimum Gasteiger partial charge on any atom is -0.492 e. The van der Waals surface area contributed by atoms with Gasteiger partial charge in [-0.3, -0.25) is 0 Å². The van der Waals surface area contributed by atoms with Crippen LogP contribution in [0, 0.1) is 11.6 Å². The second kappa shape index (κ2) is 6.24. The van der Waals surface area contributed by atoms with E-state index < -0.39 is 11.6 Å². The van der Waals surface area contributed by atoms with Crippen LogP contribution >= 0.6 is 0 Å². The lowest BCUT2D eigenvalue weighted by molar-refractivity contribution is 0.298. The van der Waals surface area contributed by atoms with Crippen LogP contribution in [-0.4, -0.2) is 16.2 Å². The van der Waals surface area contributed by atoms with E-state index in [0.717, 1.165) is 11.9 Å². The summed E-state index contributed by atoms with van der Waals surface area (Å²) in [5.41, 5.74) is 7.35. The average Bonchev–Trinajstić information content (AvgIpc) is 2.85. The van der Waals surface area contributed by atoms with E-state index in [0.29, 0.717) is 42.0 Å². The number of rotatable bonds is 5. The number of hydrogen-bond donors (Lipinski definition) is 1. The van der Waals surface area contributed by atoms with Crippen LogP contribution in [-0.2, 0) is 13.0 Å². The molecular weight excluding hydrogens is 300 g/mol. The van der Waals surface area contributed by atoms with Gasteiger partial charge in [-0.1, -0.05) is 13.0 Å². The lowest BCUT2D eigenvalue weighted by Gasteiger charge is -2.10.